The minimum atomic E-state index is -0.426. The summed E-state index contributed by atoms with van der Waals surface area (Å²) < 4.78 is 13.7. The molecule has 0 fully saturated rings. The van der Waals surface area contributed by atoms with Crippen LogP contribution in [-0.2, 0) is 0 Å². The van der Waals surface area contributed by atoms with E-state index in [1.54, 1.807) is 38.1 Å². The van der Waals surface area contributed by atoms with E-state index < -0.39 is 4.92 Å². The van der Waals surface area contributed by atoms with E-state index >= 15 is 0 Å². The molecular formula is C15H15FN2O2S. The van der Waals surface area contributed by atoms with Crippen LogP contribution < -0.4 is 5.73 Å². The van der Waals surface area contributed by atoms with Gasteiger partial charge in [-0.2, -0.15) is 0 Å². The fourth-order valence-corrected chi connectivity index (χ4v) is 3.16. The number of rotatable bonds is 4. The van der Waals surface area contributed by atoms with Gasteiger partial charge in [0.25, 0.3) is 5.69 Å². The van der Waals surface area contributed by atoms with Gasteiger partial charge in [-0.05, 0) is 43.2 Å². The van der Waals surface area contributed by atoms with Gasteiger partial charge >= 0.3 is 0 Å². The van der Waals surface area contributed by atoms with Crippen LogP contribution >= 0.6 is 11.8 Å². The van der Waals surface area contributed by atoms with Crippen LogP contribution in [0.25, 0.3) is 0 Å². The molecule has 4 nitrogen and oxygen atoms in total. The Bertz CT molecular complexity index is 689. The van der Waals surface area contributed by atoms with Crippen molar-refractivity contribution >= 4 is 17.4 Å². The van der Waals surface area contributed by atoms with Crippen molar-refractivity contribution in [2.75, 3.05) is 0 Å². The topological polar surface area (TPSA) is 69.2 Å². The predicted molar refractivity (Wildman–Crippen MR) is 81.0 cm³/mol. The average Bonchev–Trinajstić information content (AvgIpc) is 2.42. The van der Waals surface area contributed by atoms with E-state index in [-0.39, 0.29) is 17.5 Å². The lowest BCUT2D eigenvalue weighted by molar-refractivity contribution is -0.387. The van der Waals surface area contributed by atoms with Crippen molar-refractivity contribution in [3.8, 4) is 0 Å². The first-order chi connectivity index (χ1) is 9.90. The molecule has 21 heavy (non-hydrogen) atoms. The molecular weight excluding hydrogens is 291 g/mol. The van der Waals surface area contributed by atoms with Crippen molar-refractivity contribution in [1.29, 1.82) is 0 Å². The molecule has 1 atom stereocenters. The zero-order chi connectivity index (χ0) is 15.6. The molecule has 0 saturated heterocycles. The summed E-state index contributed by atoms with van der Waals surface area (Å²) in [6, 6.07) is 9.19. The van der Waals surface area contributed by atoms with Crippen LogP contribution in [0.4, 0.5) is 10.1 Å². The SMILES string of the molecule is Cc1cc(Sc2ccccc2[N+](=O)[O-])c(C(C)N)cc1F. The van der Waals surface area contributed by atoms with Gasteiger partial charge in [-0.15, -0.1) is 0 Å². The van der Waals surface area contributed by atoms with Crippen LogP contribution in [0.15, 0.2) is 46.2 Å². The molecule has 2 N–H and O–H groups in total. The lowest BCUT2D eigenvalue weighted by atomic mass is 10.1. The van der Waals surface area contributed by atoms with Gasteiger partial charge in [-0.1, -0.05) is 23.9 Å². The molecule has 0 bridgehead atoms. The molecule has 2 aromatic carbocycles. The molecule has 0 spiro atoms. The number of hydrogen-bond acceptors (Lipinski definition) is 4. The van der Waals surface area contributed by atoms with Gasteiger partial charge in [0.15, 0.2) is 0 Å². The summed E-state index contributed by atoms with van der Waals surface area (Å²) in [5.74, 6) is -0.325. The van der Waals surface area contributed by atoms with Gasteiger partial charge in [0.1, 0.15) is 5.82 Å². The Kier molecular flexibility index (Phi) is 4.59. The van der Waals surface area contributed by atoms with Gasteiger partial charge in [0.05, 0.1) is 9.82 Å². The number of para-hydroxylation sites is 1. The Labute approximate surface area is 126 Å². The lowest BCUT2D eigenvalue weighted by Crippen LogP contribution is -2.07. The van der Waals surface area contributed by atoms with Gasteiger partial charge < -0.3 is 5.73 Å². The maximum atomic E-state index is 13.7. The highest BCUT2D eigenvalue weighted by atomic mass is 32.2. The number of aryl methyl sites for hydroxylation is 1. The third-order valence-electron chi connectivity index (χ3n) is 3.06. The van der Waals surface area contributed by atoms with Gasteiger partial charge in [-0.25, -0.2) is 4.39 Å². The zero-order valence-corrected chi connectivity index (χ0v) is 12.5. The number of benzene rings is 2. The van der Waals surface area contributed by atoms with Crippen molar-refractivity contribution in [3.63, 3.8) is 0 Å². The Balaban J connectivity index is 2.49. The molecule has 0 aromatic heterocycles. The van der Waals surface area contributed by atoms with E-state index in [4.69, 9.17) is 5.73 Å². The predicted octanol–water partition coefficient (Wildman–Crippen LogP) is 4.21. The molecule has 2 aromatic rings. The maximum Gasteiger partial charge on any atom is 0.283 e. The zero-order valence-electron chi connectivity index (χ0n) is 11.7. The third kappa shape index (κ3) is 3.40. The second-order valence-electron chi connectivity index (χ2n) is 4.75. The molecule has 110 valence electrons. The van der Waals surface area contributed by atoms with Gasteiger partial charge in [0, 0.05) is 17.0 Å². The summed E-state index contributed by atoms with van der Waals surface area (Å²) in [6.07, 6.45) is 0. The molecule has 0 aliphatic carbocycles. The Hall–Kier alpha value is -1.92. The molecule has 0 saturated carbocycles. The molecule has 0 radical (unpaired) electrons. The van der Waals surface area contributed by atoms with Gasteiger partial charge in [-0.3, -0.25) is 10.1 Å². The summed E-state index contributed by atoms with van der Waals surface area (Å²) in [5, 5.41) is 11.1. The first-order valence-corrected chi connectivity index (χ1v) is 7.18. The van der Waals surface area contributed by atoms with E-state index in [1.807, 2.05) is 0 Å². The molecule has 0 amide bonds. The summed E-state index contributed by atoms with van der Waals surface area (Å²) in [5.41, 5.74) is 7.03. The monoisotopic (exact) mass is 306 g/mol. The summed E-state index contributed by atoms with van der Waals surface area (Å²) >= 11 is 1.23. The van der Waals surface area contributed by atoms with E-state index in [9.17, 15) is 14.5 Å². The average molecular weight is 306 g/mol. The Morgan fingerprint density at radius 3 is 2.57 bits per heavy atom. The van der Waals surface area contributed by atoms with Crippen molar-refractivity contribution < 1.29 is 9.31 Å². The summed E-state index contributed by atoms with van der Waals surface area (Å²) in [7, 11) is 0. The van der Waals surface area contributed by atoms with Crippen LogP contribution in [0.3, 0.4) is 0 Å². The van der Waals surface area contributed by atoms with Gasteiger partial charge in [0.2, 0.25) is 0 Å². The first-order valence-electron chi connectivity index (χ1n) is 6.37. The number of hydrogen-bond donors (Lipinski definition) is 1. The number of nitro groups is 1. The molecule has 0 aliphatic heterocycles. The van der Waals surface area contributed by atoms with E-state index in [2.05, 4.69) is 0 Å². The number of halogens is 1. The van der Waals surface area contributed by atoms with Crippen LogP contribution in [0.5, 0.6) is 0 Å². The highest BCUT2D eigenvalue weighted by Crippen LogP contribution is 2.38. The Morgan fingerprint density at radius 2 is 1.95 bits per heavy atom. The van der Waals surface area contributed by atoms with Crippen molar-refractivity contribution in [2.24, 2.45) is 5.73 Å². The minimum Gasteiger partial charge on any atom is -0.324 e. The lowest BCUT2D eigenvalue weighted by Gasteiger charge is -2.14. The second-order valence-corrected chi connectivity index (χ2v) is 5.84. The van der Waals surface area contributed by atoms with E-state index in [1.165, 1.54) is 23.9 Å². The highest BCUT2D eigenvalue weighted by Gasteiger charge is 2.17. The molecule has 0 aliphatic rings. The van der Waals surface area contributed by atoms with Crippen LogP contribution in [0.1, 0.15) is 24.1 Å². The Morgan fingerprint density at radius 1 is 1.29 bits per heavy atom. The largest absolute Gasteiger partial charge is 0.324 e. The number of nitro benzene ring substituents is 1. The van der Waals surface area contributed by atoms with Crippen LogP contribution in [0, 0.1) is 22.9 Å². The molecule has 0 heterocycles. The fourth-order valence-electron chi connectivity index (χ4n) is 1.93. The van der Waals surface area contributed by atoms with E-state index in [0.29, 0.717) is 16.0 Å². The van der Waals surface area contributed by atoms with E-state index in [0.717, 1.165) is 4.90 Å². The molecule has 1 unspecified atom stereocenters. The third-order valence-corrected chi connectivity index (χ3v) is 4.20. The first kappa shape index (κ1) is 15.5. The standard InChI is InChI=1S/C15H15FN2O2S/c1-9-7-15(11(10(2)17)8-12(9)16)21-14-6-4-3-5-13(14)18(19)20/h3-8,10H,17H2,1-2H3. The molecule has 6 heteroatoms. The quantitative estimate of drug-likeness (QED) is 0.678. The van der Waals surface area contributed by atoms with Crippen LogP contribution in [0.2, 0.25) is 0 Å². The summed E-state index contributed by atoms with van der Waals surface area (Å²) in [6.45, 7) is 3.41. The smallest absolute Gasteiger partial charge is 0.283 e. The van der Waals surface area contributed by atoms with Crippen molar-refractivity contribution in [1.82, 2.24) is 0 Å². The summed E-state index contributed by atoms with van der Waals surface area (Å²) in [4.78, 5) is 11.9. The normalized spacial score (nSPS) is 12.2. The van der Waals surface area contributed by atoms with Crippen molar-refractivity contribution in [3.05, 3.63) is 63.5 Å². The van der Waals surface area contributed by atoms with Crippen LogP contribution in [-0.4, -0.2) is 4.92 Å². The number of nitrogens with zero attached hydrogens (tertiary/aromatic N) is 1. The fraction of sp³-hybridized carbons (Fsp3) is 0.200. The number of nitrogens with two attached hydrogens (primary N) is 1. The second kappa shape index (κ2) is 6.24. The molecule has 2 rings (SSSR count). The van der Waals surface area contributed by atoms with Crippen molar-refractivity contribution in [2.45, 2.75) is 29.7 Å². The minimum absolute atomic E-state index is 0.0279. The maximum absolute atomic E-state index is 13.7. The highest BCUT2D eigenvalue weighted by molar-refractivity contribution is 7.99.